The molecule has 1 heterocycles. The Morgan fingerprint density at radius 2 is 1.78 bits per heavy atom. The topological polar surface area (TPSA) is 99.8 Å². The van der Waals surface area contributed by atoms with E-state index in [-0.39, 0.29) is 12.1 Å². The highest BCUT2D eigenvalue weighted by atomic mass is 35.5. The van der Waals surface area contributed by atoms with Gasteiger partial charge in [0.05, 0.1) is 33.5 Å². The van der Waals surface area contributed by atoms with Gasteiger partial charge in [0.25, 0.3) is 0 Å². The smallest absolute Gasteiger partial charge is 0.338 e. The summed E-state index contributed by atoms with van der Waals surface area (Å²) in [4.78, 5) is 40.2. The Morgan fingerprint density at radius 1 is 1.11 bits per heavy atom. The predicted octanol–water partition coefficient (Wildman–Crippen LogP) is 6.73. The predicted molar refractivity (Wildman–Crippen MR) is 142 cm³/mol. The number of para-hydroxylation sites is 1. The van der Waals surface area contributed by atoms with Gasteiger partial charge in [-0.1, -0.05) is 54.7 Å². The van der Waals surface area contributed by atoms with Gasteiger partial charge in [0.2, 0.25) is 0 Å². The minimum absolute atomic E-state index is 0.290. The first-order valence-electron chi connectivity index (χ1n) is 11.7. The molecule has 1 aliphatic rings. The second-order valence-corrected chi connectivity index (χ2v) is 9.46. The minimum Gasteiger partial charge on any atom is -0.459 e. The number of amides is 4. The van der Waals surface area contributed by atoms with Crippen LogP contribution in [0.4, 0.5) is 21.0 Å². The van der Waals surface area contributed by atoms with Crippen LogP contribution in [0.15, 0.2) is 53.7 Å². The van der Waals surface area contributed by atoms with Gasteiger partial charge in [0.1, 0.15) is 0 Å². The Bertz CT molecular complexity index is 1160. The van der Waals surface area contributed by atoms with Crippen LogP contribution in [0.2, 0.25) is 10.0 Å². The van der Waals surface area contributed by atoms with Gasteiger partial charge >= 0.3 is 18.0 Å². The number of ether oxygens (including phenoxy) is 1. The fourth-order valence-corrected chi connectivity index (χ4v) is 4.34. The summed E-state index contributed by atoms with van der Waals surface area (Å²) < 4.78 is 5.50. The lowest BCUT2D eigenvalue weighted by Crippen LogP contribution is -2.48. The molecule has 0 saturated heterocycles. The molecule has 4 amide bonds. The normalized spacial score (nSPS) is 15.6. The van der Waals surface area contributed by atoms with Crippen molar-refractivity contribution in [3.05, 3.63) is 69.3 Å². The fourth-order valence-electron chi connectivity index (χ4n) is 3.85. The minimum atomic E-state index is -0.746. The Morgan fingerprint density at radius 3 is 2.42 bits per heavy atom. The van der Waals surface area contributed by atoms with Crippen molar-refractivity contribution in [2.75, 3.05) is 17.2 Å². The summed E-state index contributed by atoms with van der Waals surface area (Å²) in [5.41, 5.74) is 2.25. The molecule has 0 aliphatic carbocycles. The molecule has 3 N–H and O–H groups in total. The summed E-state index contributed by atoms with van der Waals surface area (Å²) in [6.07, 6.45) is 1.38. The van der Waals surface area contributed by atoms with Gasteiger partial charge < -0.3 is 20.7 Å². The lowest BCUT2D eigenvalue weighted by Gasteiger charge is -2.35. The number of carbonyl (C=O) groups is 3. The molecule has 0 radical (unpaired) electrons. The van der Waals surface area contributed by atoms with Crippen LogP contribution in [0, 0.1) is 0 Å². The monoisotopic (exact) mass is 532 g/mol. The van der Waals surface area contributed by atoms with E-state index < -0.39 is 18.0 Å². The zero-order valence-corrected chi connectivity index (χ0v) is 22.2. The van der Waals surface area contributed by atoms with Crippen molar-refractivity contribution >= 4 is 52.6 Å². The molecular weight excluding hydrogens is 503 g/mol. The average Bonchev–Trinajstić information content (AvgIpc) is 2.80. The van der Waals surface area contributed by atoms with E-state index in [0.29, 0.717) is 44.8 Å². The number of esters is 1. The number of hydrogen-bond acceptors (Lipinski definition) is 4. The Hall–Kier alpha value is -3.23. The number of nitrogens with one attached hydrogen (secondary N) is 3. The second-order valence-electron chi connectivity index (χ2n) is 8.64. The largest absolute Gasteiger partial charge is 0.459 e. The number of carbonyl (C=O) groups excluding carboxylic acids is 3. The Labute approximate surface area is 221 Å². The average molecular weight is 533 g/mol. The third kappa shape index (κ3) is 6.50. The van der Waals surface area contributed by atoms with E-state index >= 15 is 0 Å². The van der Waals surface area contributed by atoms with Crippen molar-refractivity contribution < 1.29 is 19.1 Å². The second kappa shape index (κ2) is 12.1. The highest BCUT2D eigenvalue weighted by Crippen LogP contribution is 2.33. The van der Waals surface area contributed by atoms with Gasteiger partial charge in [-0.2, -0.15) is 0 Å². The lowest BCUT2D eigenvalue weighted by molar-refractivity contribution is -0.143. The Kier molecular flexibility index (Phi) is 9.23. The molecule has 1 aliphatic heterocycles. The van der Waals surface area contributed by atoms with Crippen LogP contribution in [0.5, 0.6) is 0 Å². The van der Waals surface area contributed by atoms with Crippen molar-refractivity contribution in [3.63, 3.8) is 0 Å². The van der Waals surface area contributed by atoms with Crippen LogP contribution in [0.3, 0.4) is 0 Å². The molecule has 1 atom stereocenters. The van der Waals surface area contributed by atoms with Gasteiger partial charge in [-0.25, -0.2) is 14.4 Å². The zero-order valence-electron chi connectivity index (χ0n) is 20.7. The van der Waals surface area contributed by atoms with Crippen LogP contribution in [0.1, 0.15) is 52.1 Å². The van der Waals surface area contributed by atoms with E-state index in [1.807, 2.05) is 6.92 Å². The first-order chi connectivity index (χ1) is 17.1. The van der Waals surface area contributed by atoms with E-state index in [2.05, 4.69) is 16.0 Å². The van der Waals surface area contributed by atoms with Crippen LogP contribution in [-0.2, 0) is 9.53 Å². The molecule has 3 rings (SSSR count). The summed E-state index contributed by atoms with van der Waals surface area (Å²) in [6.45, 7) is 7.82. The number of hydrogen-bond donors (Lipinski definition) is 3. The van der Waals surface area contributed by atoms with Crippen LogP contribution < -0.4 is 16.0 Å². The standard InChI is InChI=1S/C26H30Cl2N4O4/c1-5-6-13-32-16(4)21(24(33)36-15(2)3)22(31-26(32)35)17-9-7-10-18(14-17)29-25(34)30-23-19(27)11-8-12-20(23)28/h7-12,14-15,22H,5-6,13H2,1-4H3,(H,31,35)(H2,29,30,34). The molecule has 1 unspecified atom stereocenters. The summed E-state index contributed by atoms with van der Waals surface area (Å²) in [5.74, 6) is -0.501. The van der Waals surface area contributed by atoms with Crippen LogP contribution >= 0.6 is 23.2 Å². The van der Waals surface area contributed by atoms with E-state index in [9.17, 15) is 14.4 Å². The lowest BCUT2D eigenvalue weighted by atomic mass is 9.94. The van der Waals surface area contributed by atoms with E-state index in [1.54, 1.807) is 68.1 Å². The first kappa shape index (κ1) is 27.4. The fraction of sp³-hybridized carbons (Fsp3) is 0.346. The number of benzene rings is 2. The molecule has 0 bridgehead atoms. The number of allylic oxidation sites excluding steroid dienone is 1. The first-order valence-corrected chi connectivity index (χ1v) is 12.5. The summed E-state index contributed by atoms with van der Waals surface area (Å²) in [6, 6.07) is 10.2. The van der Waals surface area contributed by atoms with Crippen molar-refractivity contribution in [3.8, 4) is 0 Å². The van der Waals surface area contributed by atoms with E-state index in [4.69, 9.17) is 27.9 Å². The zero-order chi connectivity index (χ0) is 26.4. The summed E-state index contributed by atoms with van der Waals surface area (Å²) >= 11 is 12.3. The number of nitrogens with zero attached hydrogens (tertiary/aromatic N) is 1. The van der Waals surface area contributed by atoms with Crippen molar-refractivity contribution in [2.45, 2.75) is 52.7 Å². The molecule has 10 heteroatoms. The van der Waals surface area contributed by atoms with E-state index in [1.165, 1.54) is 0 Å². The molecule has 192 valence electrons. The van der Waals surface area contributed by atoms with Gasteiger partial charge in [-0.05, 0) is 57.0 Å². The summed E-state index contributed by atoms with van der Waals surface area (Å²) in [7, 11) is 0. The molecule has 2 aromatic carbocycles. The van der Waals surface area contributed by atoms with Gasteiger partial charge in [-0.3, -0.25) is 4.90 Å². The third-order valence-electron chi connectivity index (χ3n) is 5.57. The highest BCUT2D eigenvalue weighted by Gasteiger charge is 2.36. The third-order valence-corrected chi connectivity index (χ3v) is 6.20. The van der Waals surface area contributed by atoms with Gasteiger partial charge in [0.15, 0.2) is 0 Å². The van der Waals surface area contributed by atoms with Crippen molar-refractivity contribution in [1.29, 1.82) is 0 Å². The number of urea groups is 2. The summed E-state index contributed by atoms with van der Waals surface area (Å²) in [5, 5.41) is 8.91. The van der Waals surface area contributed by atoms with Crippen LogP contribution in [-0.4, -0.2) is 35.6 Å². The maximum atomic E-state index is 13.1. The quantitative estimate of drug-likeness (QED) is 0.328. The molecule has 8 nitrogen and oxygen atoms in total. The molecule has 36 heavy (non-hydrogen) atoms. The maximum absolute atomic E-state index is 13.1. The maximum Gasteiger partial charge on any atom is 0.338 e. The van der Waals surface area contributed by atoms with Gasteiger partial charge in [0, 0.05) is 17.9 Å². The number of halogens is 2. The number of anilines is 2. The molecule has 0 aromatic heterocycles. The SMILES string of the molecule is CCCCN1C(=O)NC(c2cccc(NC(=O)Nc3c(Cl)cccc3Cl)c2)C(C(=O)OC(C)C)=C1C. The number of unbranched alkanes of at least 4 members (excludes halogenated alkanes) is 1. The van der Waals surface area contributed by atoms with Crippen molar-refractivity contribution in [1.82, 2.24) is 10.2 Å². The molecule has 2 aromatic rings. The number of rotatable bonds is 8. The molecule has 0 spiro atoms. The van der Waals surface area contributed by atoms with Gasteiger partial charge in [-0.15, -0.1) is 0 Å². The molecule has 0 fully saturated rings. The van der Waals surface area contributed by atoms with Crippen LogP contribution in [0.25, 0.3) is 0 Å². The van der Waals surface area contributed by atoms with E-state index in [0.717, 1.165) is 12.8 Å². The molecule has 0 saturated carbocycles. The highest BCUT2D eigenvalue weighted by molar-refractivity contribution is 6.39. The van der Waals surface area contributed by atoms with Crippen molar-refractivity contribution in [2.24, 2.45) is 0 Å². The Balaban J connectivity index is 1.89. The molecular formula is C26H30Cl2N4O4.